The number of fused-ring (bicyclic) bond motifs is 3. The Morgan fingerprint density at radius 3 is 2.56 bits per heavy atom. The minimum Gasteiger partial charge on any atom is -0.358 e. The molecule has 0 bridgehead atoms. The molecule has 0 fully saturated rings. The summed E-state index contributed by atoms with van der Waals surface area (Å²) >= 11 is 0. The third kappa shape index (κ3) is 2.68. The molecule has 0 radical (unpaired) electrons. The van der Waals surface area contributed by atoms with Gasteiger partial charge in [0.25, 0.3) is 0 Å². The third-order valence-corrected chi connectivity index (χ3v) is 7.05. The fourth-order valence-corrected chi connectivity index (χ4v) is 5.03. The predicted molar refractivity (Wildman–Crippen MR) is 100 cm³/mol. The Morgan fingerprint density at radius 1 is 1.00 bits per heavy atom. The number of aromatic nitrogens is 1. The van der Waals surface area contributed by atoms with Gasteiger partial charge in [-0.05, 0) is 61.7 Å². The number of rotatable bonds is 2. The molecular formula is C20H22N2O2S. The lowest BCUT2D eigenvalue weighted by atomic mass is 10.0. The second-order valence-corrected chi connectivity index (χ2v) is 8.90. The summed E-state index contributed by atoms with van der Waals surface area (Å²) < 4.78 is 27.8. The van der Waals surface area contributed by atoms with Gasteiger partial charge in [-0.1, -0.05) is 17.7 Å². The largest absolute Gasteiger partial charge is 0.358 e. The summed E-state index contributed by atoms with van der Waals surface area (Å²) in [5, 5.41) is 1.13. The summed E-state index contributed by atoms with van der Waals surface area (Å²) in [5.74, 6) is 0. The van der Waals surface area contributed by atoms with Crippen LogP contribution in [0, 0.1) is 20.8 Å². The quantitative estimate of drug-likeness (QED) is 0.760. The second kappa shape index (κ2) is 5.71. The Bertz CT molecular complexity index is 1080. The number of aryl methyl sites for hydroxylation is 3. The van der Waals surface area contributed by atoms with Crippen molar-refractivity contribution in [3.05, 3.63) is 64.3 Å². The van der Waals surface area contributed by atoms with E-state index in [0.29, 0.717) is 24.4 Å². The zero-order chi connectivity index (χ0) is 17.8. The van der Waals surface area contributed by atoms with E-state index < -0.39 is 10.0 Å². The molecular weight excluding hydrogens is 332 g/mol. The Balaban J connectivity index is 1.75. The highest BCUT2D eigenvalue weighted by molar-refractivity contribution is 7.89. The van der Waals surface area contributed by atoms with Gasteiger partial charge in [-0.2, -0.15) is 4.31 Å². The van der Waals surface area contributed by atoms with Crippen molar-refractivity contribution in [1.82, 2.24) is 9.29 Å². The van der Waals surface area contributed by atoms with Gasteiger partial charge in [-0.25, -0.2) is 8.42 Å². The first-order valence-corrected chi connectivity index (χ1v) is 9.98. The zero-order valence-corrected chi connectivity index (χ0v) is 15.6. The predicted octanol–water partition coefficient (Wildman–Crippen LogP) is 3.84. The van der Waals surface area contributed by atoms with Crippen LogP contribution in [0.25, 0.3) is 10.9 Å². The molecule has 1 N–H and O–H groups in total. The monoisotopic (exact) mass is 354 g/mol. The van der Waals surface area contributed by atoms with Crippen LogP contribution in [0.5, 0.6) is 0 Å². The van der Waals surface area contributed by atoms with Gasteiger partial charge >= 0.3 is 0 Å². The molecule has 0 spiro atoms. The number of nitrogens with zero attached hydrogens (tertiary/aromatic N) is 1. The molecule has 4 nitrogen and oxygen atoms in total. The van der Waals surface area contributed by atoms with E-state index in [0.717, 1.165) is 33.3 Å². The first-order chi connectivity index (χ1) is 11.9. The molecule has 0 saturated heterocycles. The fourth-order valence-electron chi connectivity index (χ4n) is 3.53. The molecule has 0 atom stereocenters. The zero-order valence-electron chi connectivity index (χ0n) is 14.8. The van der Waals surface area contributed by atoms with Crippen molar-refractivity contribution in [3.63, 3.8) is 0 Å². The van der Waals surface area contributed by atoms with Crippen LogP contribution in [0.4, 0.5) is 0 Å². The van der Waals surface area contributed by atoms with E-state index in [1.54, 1.807) is 16.4 Å². The molecule has 130 valence electrons. The lowest BCUT2D eigenvalue weighted by molar-refractivity contribution is 0.391. The fraction of sp³-hybridized carbons (Fsp3) is 0.300. The van der Waals surface area contributed by atoms with Gasteiger partial charge in [0.15, 0.2) is 0 Å². The maximum atomic E-state index is 13.1. The number of benzene rings is 2. The van der Waals surface area contributed by atoms with Crippen LogP contribution < -0.4 is 0 Å². The number of sulfonamides is 1. The van der Waals surface area contributed by atoms with Gasteiger partial charge in [0.1, 0.15) is 0 Å². The van der Waals surface area contributed by atoms with Crippen molar-refractivity contribution in [2.75, 3.05) is 6.54 Å². The summed E-state index contributed by atoms with van der Waals surface area (Å²) in [7, 11) is -3.48. The van der Waals surface area contributed by atoms with Crippen LogP contribution in [0.15, 0.2) is 41.3 Å². The van der Waals surface area contributed by atoms with Crippen LogP contribution >= 0.6 is 0 Å². The molecule has 1 aliphatic rings. The lowest BCUT2D eigenvalue weighted by Crippen LogP contribution is -2.35. The van der Waals surface area contributed by atoms with Crippen LogP contribution in [-0.4, -0.2) is 24.3 Å². The maximum Gasteiger partial charge on any atom is 0.243 e. The van der Waals surface area contributed by atoms with Crippen molar-refractivity contribution >= 4 is 20.9 Å². The Kier molecular flexibility index (Phi) is 3.74. The summed E-state index contributed by atoms with van der Waals surface area (Å²) in [6.45, 7) is 6.94. The molecule has 2 heterocycles. The normalized spacial score (nSPS) is 15.5. The van der Waals surface area contributed by atoms with Crippen LogP contribution in [-0.2, 0) is 23.0 Å². The standard InChI is InChI=1S/C20H22N2O2S/c1-13-4-7-19-17(10-13)18-12-22(9-8-20(18)21-19)25(23,24)16-6-5-14(2)15(3)11-16/h4-7,10-11,21H,8-9,12H2,1-3H3. The van der Waals surface area contributed by atoms with Gasteiger partial charge in [-0.3, -0.25) is 0 Å². The van der Waals surface area contributed by atoms with E-state index in [9.17, 15) is 8.42 Å². The highest BCUT2D eigenvalue weighted by Gasteiger charge is 2.30. The molecule has 0 saturated carbocycles. The van der Waals surface area contributed by atoms with E-state index in [1.165, 1.54) is 5.56 Å². The summed E-state index contributed by atoms with van der Waals surface area (Å²) in [4.78, 5) is 3.83. The molecule has 1 aliphatic heterocycles. The lowest BCUT2D eigenvalue weighted by Gasteiger charge is -2.26. The van der Waals surface area contributed by atoms with E-state index in [2.05, 4.69) is 30.1 Å². The van der Waals surface area contributed by atoms with Gasteiger partial charge < -0.3 is 4.98 Å². The Labute approximate surface area is 148 Å². The smallest absolute Gasteiger partial charge is 0.243 e. The van der Waals surface area contributed by atoms with Gasteiger partial charge in [0.05, 0.1) is 4.90 Å². The number of hydrogen-bond acceptors (Lipinski definition) is 2. The molecule has 25 heavy (non-hydrogen) atoms. The van der Waals surface area contributed by atoms with Gasteiger partial charge in [-0.15, -0.1) is 0 Å². The number of aromatic amines is 1. The molecule has 3 aromatic rings. The van der Waals surface area contributed by atoms with Gasteiger partial charge in [0.2, 0.25) is 10.0 Å². The van der Waals surface area contributed by atoms with E-state index >= 15 is 0 Å². The summed E-state index contributed by atoms with van der Waals surface area (Å²) in [6.07, 6.45) is 0.715. The van der Waals surface area contributed by atoms with E-state index in [1.807, 2.05) is 19.9 Å². The molecule has 5 heteroatoms. The first-order valence-electron chi connectivity index (χ1n) is 8.54. The average Bonchev–Trinajstić information content (AvgIpc) is 2.94. The first kappa shape index (κ1) is 16.4. The highest BCUT2D eigenvalue weighted by Crippen LogP contribution is 2.31. The van der Waals surface area contributed by atoms with Crippen molar-refractivity contribution in [2.45, 2.75) is 38.6 Å². The van der Waals surface area contributed by atoms with Crippen molar-refractivity contribution < 1.29 is 8.42 Å². The Hall–Kier alpha value is -2.11. The van der Waals surface area contributed by atoms with Crippen molar-refractivity contribution in [1.29, 1.82) is 0 Å². The van der Waals surface area contributed by atoms with Gasteiger partial charge in [0, 0.05) is 36.1 Å². The van der Waals surface area contributed by atoms with E-state index in [-0.39, 0.29) is 0 Å². The summed E-state index contributed by atoms with van der Waals surface area (Å²) in [5.41, 5.74) is 6.64. The molecule has 0 amide bonds. The molecule has 2 aromatic carbocycles. The molecule has 0 unspecified atom stereocenters. The minimum absolute atomic E-state index is 0.384. The van der Waals surface area contributed by atoms with Crippen molar-refractivity contribution in [2.24, 2.45) is 0 Å². The SMILES string of the molecule is Cc1ccc2[nH]c3c(c2c1)CN(S(=O)(=O)c1ccc(C)c(C)c1)CC3. The topological polar surface area (TPSA) is 53.2 Å². The van der Waals surface area contributed by atoms with Crippen LogP contribution in [0.3, 0.4) is 0 Å². The Morgan fingerprint density at radius 2 is 1.80 bits per heavy atom. The van der Waals surface area contributed by atoms with Crippen molar-refractivity contribution in [3.8, 4) is 0 Å². The summed E-state index contributed by atoms with van der Waals surface area (Å²) in [6, 6.07) is 11.7. The number of H-pyrrole nitrogens is 1. The van der Waals surface area contributed by atoms with Crippen LogP contribution in [0.2, 0.25) is 0 Å². The highest BCUT2D eigenvalue weighted by atomic mass is 32.2. The average molecular weight is 354 g/mol. The van der Waals surface area contributed by atoms with E-state index in [4.69, 9.17) is 0 Å². The number of hydrogen-bond donors (Lipinski definition) is 1. The number of nitrogens with one attached hydrogen (secondary N) is 1. The second-order valence-electron chi connectivity index (χ2n) is 6.97. The minimum atomic E-state index is -3.48. The third-order valence-electron chi connectivity index (χ3n) is 5.21. The molecule has 4 rings (SSSR count). The molecule has 0 aliphatic carbocycles. The molecule has 1 aromatic heterocycles. The van der Waals surface area contributed by atoms with Crippen LogP contribution in [0.1, 0.15) is 27.9 Å². The maximum absolute atomic E-state index is 13.1.